The minimum absolute atomic E-state index is 0.0270. The molecule has 6 heteroatoms. The van der Waals surface area contributed by atoms with E-state index in [1.807, 2.05) is 0 Å². The third kappa shape index (κ3) is 1.92. The molecule has 0 aliphatic carbocycles. The first-order valence-corrected chi connectivity index (χ1v) is 6.90. The van der Waals surface area contributed by atoms with Crippen LogP contribution in [0.25, 0.3) is 0 Å². The lowest BCUT2D eigenvalue weighted by Crippen LogP contribution is -2.24. The van der Waals surface area contributed by atoms with E-state index in [4.69, 9.17) is 14.2 Å². The SMILES string of the molecule is Oc1ccc2c(c1)OC[C@@H](c1cc3c(cc1O)OCO3)C2O. The Kier molecular flexibility index (Phi) is 2.80. The number of phenolic OH excluding ortho intramolecular Hbond substituents is 2. The summed E-state index contributed by atoms with van der Waals surface area (Å²) in [6.45, 7) is 0.300. The lowest BCUT2D eigenvalue weighted by atomic mass is 9.86. The Balaban J connectivity index is 1.74. The van der Waals surface area contributed by atoms with Crippen molar-refractivity contribution in [2.24, 2.45) is 0 Å². The van der Waals surface area contributed by atoms with Gasteiger partial charge in [-0.25, -0.2) is 0 Å². The summed E-state index contributed by atoms with van der Waals surface area (Å²) >= 11 is 0. The molecule has 2 aromatic carbocycles. The maximum absolute atomic E-state index is 10.6. The quantitative estimate of drug-likeness (QED) is 0.747. The molecular formula is C16H14O6. The molecule has 2 atom stereocenters. The summed E-state index contributed by atoms with van der Waals surface area (Å²) in [6, 6.07) is 7.73. The average molecular weight is 302 g/mol. The molecule has 0 spiro atoms. The minimum Gasteiger partial charge on any atom is -0.508 e. The number of hydrogen-bond acceptors (Lipinski definition) is 6. The first-order chi connectivity index (χ1) is 10.6. The van der Waals surface area contributed by atoms with Crippen LogP contribution in [0.2, 0.25) is 0 Å². The van der Waals surface area contributed by atoms with Gasteiger partial charge >= 0.3 is 0 Å². The van der Waals surface area contributed by atoms with E-state index in [-0.39, 0.29) is 24.9 Å². The lowest BCUT2D eigenvalue weighted by molar-refractivity contribution is 0.0875. The number of rotatable bonds is 1. The molecule has 2 aromatic rings. The van der Waals surface area contributed by atoms with Gasteiger partial charge in [0, 0.05) is 23.3 Å². The van der Waals surface area contributed by atoms with Gasteiger partial charge in [0.15, 0.2) is 11.5 Å². The van der Waals surface area contributed by atoms with E-state index in [1.165, 1.54) is 18.2 Å². The highest BCUT2D eigenvalue weighted by molar-refractivity contribution is 5.54. The Morgan fingerprint density at radius 2 is 1.64 bits per heavy atom. The van der Waals surface area contributed by atoms with Gasteiger partial charge in [-0.3, -0.25) is 0 Å². The second-order valence-electron chi connectivity index (χ2n) is 5.35. The fourth-order valence-corrected chi connectivity index (χ4v) is 2.88. The average Bonchev–Trinajstić information content (AvgIpc) is 2.94. The summed E-state index contributed by atoms with van der Waals surface area (Å²) in [5.74, 6) is 1.14. The smallest absolute Gasteiger partial charge is 0.231 e. The minimum atomic E-state index is -0.851. The molecule has 0 saturated carbocycles. The predicted molar refractivity (Wildman–Crippen MR) is 75.5 cm³/mol. The highest BCUT2D eigenvalue weighted by atomic mass is 16.7. The monoisotopic (exact) mass is 302 g/mol. The second kappa shape index (κ2) is 4.71. The second-order valence-corrected chi connectivity index (χ2v) is 5.35. The van der Waals surface area contributed by atoms with Crippen LogP contribution in [-0.2, 0) is 0 Å². The molecular weight excluding hydrogens is 288 g/mol. The number of aliphatic hydroxyl groups excluding tert-OH is 1. The van der Waals surface area contributed by atoms with Crippen molar-refractivity contribution in [3.05, 3.63) is 41.5 Å². The first kappa shape index (κ1) is 13.1. The van der Waals surface area contributed by atoms with Crippen molar-refractivity contribution in [1.29, 1.82) is 0 Å². The molecule has 114 valence electrons. The lowest BCUT2D eigenvalue weighted by Gasteiger charge is -2.31. The van der Waals surface area contributed by atoms with Gasteiger partial charge < -0.3 is 29.5 Å². The number of ether oxygens (including phenoxy) is 3. The van der Waals surface area contributed by atoms with E-state index >= 15 is 0 Å². The van der Waals surface area contributed by atoms with Crippen LogP contribution in [0.3, 0.4) is 0 Å². The fraction of sp³-hybridized carbons (Fsp3) is 0.250. The molecule has 2 aliphatic rings. The fourth-order valence-electron chi connectivity index (χ4n) is 2.88. The Bertz CT molecular complexity index is 742. The predicted octanol–water partition coefficient (Wildman–Crippen LogP) is 2.04. The summed E-state index contributed by atoms with van der Waals surface area (Å²) in [6.07, 6.45) is -0.851. The third-order valence-corrected chi connectivity index (χ3v) is 4.04. The highest BCUT2D eigenvalue weighted by Crippen LogP contribution is 2.47. The van der Waals surface area contributed by atoms with Crippen LogP contribution >= 0.6 is 0 Å². The summed E-state index contributed by atoms with van der Waals surface area (Å²) < 4.78 is 16.1. The molecule has 6 nitrogen and oxygen atoms in total. The standard InChI is InChI=1S/C16H14O6/c17-8-1-2-9-13(3-8)20-6-11(16(9)19)10-4-14-15(5-12(10)18)22-7-21-14/h1-5,11,16-19H,6-7H2/t11-,16?/m0/s1. The van der Waals surface area contributed by atoms with Gasteiger partial charge in [-0.05, 0) is 18.2 Å². The Morgan fingerprint density at radius 1 is 0.864 bits per heavy atom. The van der Waals surface area contributed by atoms with E-state index in [0.29, 0.717) is 28.4 Å². The topological polar surface area (TPSA) is 88.4 Å². The van der Waals surface area contributed by atoms with Crippen LogP contribution in [0.5, 0.6) is 28.7 Å². The summed E-state index contributed by atoms with van der Waals surface area (Å²) in [5, 5.41) is 30.3. The molecule has 1 unspecified atom stereocenters. The normalized spacial score (nSPS) is 22.0. The molecule has 0 fully saturated rings. The Hall–Kier alpha value is -2.60. The van der Waals surface area contributed by atoms with Gasteiger partial charge in [0.05, 0.1) is 18.6 Å². The number of aromatic hydroxyl groups is 2. The van der Waals surface area contributed by atoms with E-state index < -0.39 is 12.0 Å². The number of aliphatic hydroxyl groups is 1. The van der Waals surface area contributed by atoms with Crippen molar-refractivity contribution in [2.75, 3.05) is 13.4 Å². The molecule has 2 aliphatic heterocycles. The Morgan fingerprint density at radius 3 is 2.45 bits per heavy atom. The van der Waals surface area contributed by atoms with Crippen LogP contribution in [-0.4, -0.2) is 28.7 Å². The van der Waals surface area contributed by atoms with Crippen molar-refractivity contribution in [2.45, 2.75) is 12.0 Å². The molecule has 2 heterocycles. The molecule has 0 aromatic heterocycles. The van der Waals surface area contributed by atoms with Crippen LogP contribution in [0, 0.1) is 0 Å². The molecule has 22 heavy (non-hydrogen) atoms. The maximum Gasteiger partial charge on any atom is 0.231 e. The largest absolute Gasteiger partial charge is 0.508 e. The van der Waals surface area contributed by atoms with Gasteiger partial charge in [0.25, 0.3) is 0 Å². The zero-order chi connectivity index (χ0) is 15.3. The molecule has 0 saturated heterocycles. The number of phenols is 2. The first-order valence-electron chi connectivity index (χ1n) is 6.90. The van der Waals surface area contributed by atoms with E-state index in [1.54, 1.807) is 12.1 Å². The van der Waals surface area contributed by atoms with Gasteiger partial charge in [0.1, 0.15) is 17.2 Å². The van der Waals surface area contributed by atoms with Crippen LogP contribution in [0.1, 0.15) is 23.1 Å². The zero-order valence-corrected chi connectivity index (χ0v) is 11.5. The van der Waals surface area contributed by atoms with Crippen LogP contribution < -0.4 is 14.2 Å². The van der Waals surface area contributed by atoms with E-state index in [0.717, 1.165) is 0 Å². The zero-order valence-electron chi connectivity index (χ0n) is 11.5. The van der Waals surface area contributed by atoms with Crippen LogP contribution in [0.4, 0.5) is 0 Å². The van der Waals surface area contributed by atoms with E-state index in [9.17, 15) is 15.3 Å². The summed E-state index contributed by atoms with van der Waals surface area (Å²) in [5.41, 5.74) is 1.11. The van der Waals surface area contributed by atoms with Gasteiger partial charge in [-0.2, -0.15) is 0 Å². The number of fused-ring (bicyclic) bond motifs is 2. The van der Waals surface area contributed by atoms with Crippen molar-refractivity contribution >= 4 is 0 Å². The summed E-state index contributed by atoms with van der Waals surface area (Å²) in [7, 11) is 0. The summed E-state index contributed by atoms with van der Waals surface area (Å²) in [4.78, 5) is 0. The van der Waals surface area contributed by atoms with Gasteiger partial charge in [-0.1, -0.05) is 0 Å². The van der Waals surface area contributed by atoms with Gasteiger partial charge in [-0.15, -0.1) is 0 Å². The van der Waals surface area contributed by atoms with Crippen LogP contribution in [0.15, 0.2) is 30.3 Å². The molecule has 4 rings (SSSR count). The third-order valence-electron chi connectivity index (χ3n) is 4.04. The molecule has 0 bridgehead atoms. The Labute approximate surface area is 126 Å². The maximum atomic E-state index is 10.6. The highest BCUT2D eigenvalue weighted by Gasteiger charge is 2.33. The van der Waals surface area contributed by atoms with Crippen molar-refractivity contribution in [1.82, 2.24) is 0 Å². The molecule has 0 amide bonds. The number of hydrogen-bond donors (Lipinski definition) is 3. The molecule has 0 radical (unpaired) electrons. The molecule has 3 N–H and O–H groups in total. The van der Waals surface area contributed by atoms with Crippen molar-refractivity contribution < 1.29 is 29.5 Å². The van der Waals surface area contributed by atoms with E-state index in [2.05, 4.69) is 0 Å². The number of benzene rings is 2. The van der Waals surface area contributed by atoms with Gasteiger partial charge in [0.2, 0.25) is 6.79 Å². The van der Waals surface area contributed by atoms with Crippen molar-refractivity contribution in [3.8, 4) is 28.7 Å². The van der Waals surface area contributed by atoms with Crippen molar-refractivity contribution in [3.63, 3.8) is 0 Å².